The molecule has 0 aromatic carbocycles. The first-order chi connectivity index (χ1) is 6.77. The van der Waals surface area contributed by atoms with Gasteiger partial charge in [-0.3, -0.25) is 0 Å². The molecular weight excluding hydrogens is 214 g/mol. The Hall–Kier alpha value is -0.130. The Bertz CT molecular complexity index is 260. The van der Waals surface area contributed by atoms with E-state index < -0.39 is 15.9 Å². The van der Waals surface area contributed by atoms with E-state index in [2.05, 4.69) is 5.32 Å². The van der Waals surface area contributed by atoms with Crippen LogP contribution in [0.3, 0.4) is 0 Å². The van der Waals surface area contributed by atoms with Crippen LogP contribution in [0.4, 0.5) is 0 Å². The predicted octanol–water partition coefficient (Wildman–Crippen LogP) is 0.416. The minimum absolute atomic E-state index is 0.134. The second kappa shape index (κ2) is 6.45. The van der Waals surface area contributed by atoms with E-state index in [4.69, 9.17) is 0 Å². The highest BCUT2D eigenvalue weighted by Gasteiger charge is 2.15. The van der Waals surface area contributed by atoms with Crippen LogP contribution in [0.15, 0.2) is 0 Å². The van der Waals surface area contributed by atoms with Crippen LogP contribution in [0.2, 0.25) is 0 Å². The van der Waals surface area contributed by atoms with E-state index >= 15 is 0 Å². The van der Waals surface area contributed by atoms with E-state index in [1.54, 1.807) is 13.8 Å². The molecule has 1 atom stereocenters. The molecule has 0 fully saturated rings. The second-order valence-electron chi connectivity index (χ2n) is 4.43. The minimum atomic E-state index is -2.96. The van der Waals surface area contributed by atoms with Gasteiger partial charge in [0.05, 0.1) is 17.1 Å². The Labute approximate surface area is 93.0 Å². The predicted molar refractivity (Wildman–Crippen MR) is 62.6 cm³/mol. The van der Waals surface area contributed by atoms with Crippen molar-refractivity contribution in [3.8, 4) is 0 Å². The molecule has 0 aliphatic heterocycles. The fourth-order valence-corrected chi connectivity index (χ4v) is 1.84. The van der Waals surface area contributed by atoms with Gasteiger partial charge in [-0.05, 0) is 19.8 Å². The van der Waals surface area contributed by atoms with E-state index in [1.165, 1.54) is 0 Å². The van der Waals surface area contributed by atoms with Gasteiger partial charge in [0.1, 0.15) is 0 Å². The SMILES string of the molecule is CC(C)C(O)CNCCS(=O)(=O)C(C)C. The average Bonchev–Trinajstić information content (AvgIpc) is 2.11. The second-order valence-corrected chi connectivity index (χ2v) is 7.11. The van der Waals surface area contributed by atoms with Crippen LogP contribution in [0, 0.1) is 5.92 Å². The average molecular weight is 237 g/mol. The summed E-state index contributed by atoms with van der Waals surface area (Å²) in [6.07, 6.45) is -0.410. The fraction of sp³-hybridized carbons (Fsp3) is 1.00. The Balaban J connectivity index is 3.73. The topological polar surface area (TPSA) is 66.4 Å². The molecule has 0 spiro atoms. The zero-order valence-electron chi connectivity index (χ0n) is 10.0. The largest absolute Gasteiger partial charge is 0.392 e. The van der Waals surface area contributed by atoms with E-state index in [-0.39, 0.29) is 16.9 Å². The van der Waals surface area contributed by atoms with Gasteiger partial charge in [0.15, 0.2) is 9.84 Å². The van der Waals surface area contributed by atoms with Crippen molar-refractivity contribution in [1.29, 1.82) is 0 Å². The number of sulfone groups is 1. The summed E-state index contributed by atoms with van der Waals surface area (Å²) in [5.74, 6) is 0.328. The normalized spacial score (nSPS) is 14.9. The monoisotopic (exact) mass is 237 g/mol. The number of hydrogen-bond donors (Lipinski definition) is 2. The van der Waals surface area contributed by atoms with E-state index in [1.807, 2.05) is 13.8 Å². The van der Waals surface area contributed by atoms with Crippen molar-refractivity contribution in [3.63, 3.8) is 0 Å². The van der Waals surface area contributed by atoms with E-state index in [9.17, 15) is 13.5 Å². The zero-order valence-corrected chi connectivity index (χ0v) is 10.8. The molecule has 0 bridgehead atoms. The van der Waals surface area contributed by atoms with Gasteiger partial charge in [-0.1, -0.05) is 13.8 Å². The molecule has 15 heavy (non-hydrogen) atoms. The van der Waals surface area contributed by atoms with Crippen LogP contribution in [-0.2, 0) is 9.84 Å². The summed E-state index contributed by atoms with van der Waals surface area (Å²) in [6.45, 7) is 8.07. The molecule has 0 aliphatic rings. The highest BCUT2D eigenvalue weighted by atomic mass is 32.2. The summed E-state index contributed by atoms with van der Waals surface area (Å²) in [4.78, 5) is 0. The highest BCUT2D eigenvalue weighted by Crippen LogP contribution is 2.00. The standard InChI is InChI=1S/C10H23NO3S/c1-8(2)10(12)7-11-5-6-15(13,14)9(3)4/h8-12H,5-7H2,1-4H3. The lowest BCUT2D eigenvalue weighted by atomic mass is 10.1. The third-order valence-corrected chi connectivity index (χ3v) is 4.61. The Morgan fingerprint density at radius 1 is 1.20 bits per heavy atom. The fourth-order valence-electron chi connectivity index (χ4n) is 0.936. The molecule has 0 aromatic rings. The molecule has 0 amide bonds. The smallest absolute Gasteiger partial charge is 0.153 e. The zero-order chi connectivity index (χ0) is 12.1. The third-order valence-electron chi connectivity index (χ3n) is 2.40. The van der Waals surface area contributed by atoms with Gasteiger partial charge in [-0.25, -0.2) is 8.42 Å². The van der Waals surface area contributed by atoms with Crippen LogP contribution < -0.4 is 5.32 Å². The van der Waals surface area contributed by atoms with Crippen LogP contribution in [0.5, 0.6) is 0 Å². The van der Waals surface area contributed by atoms with Gasteiger partial charge in [-0.2, -0.15) is 0 Å². The summed E-state index contributed by atoms with van der Waals surface area (Å²) in [7, 11) is -2.96. The maximum atomic E-state index is 11.4. The molecule has 0 aliphatic carbocycles. The van der Waals surface area contributed by atoms with Gasteiger partial charge >= 0.3 is 0 Å². The molecule has 2 N–H and O–H groups in total. The molecule has 0 heterocycles. The maximum Gasteiger partial charge on any atom is 0.153 e. The molecular formula is C10H23NO3S. The Morgan fingerprint density at radius 2 is 1.73 bits per heavy atom. The summed E-state index contributed by atoms with van der Waals surface area (Å²) in [5, 5.41) is 12.1. The van der Waals surface area contributed by atoms with Crippen molar-refractivity contribution in [2.75, 3.05) is 18.8 Å². The number of nitrogens with one attached hydrogen (secondary N) is 1. The lowest BCUT2D eigenvalue weighted by Crippen LogP contribution is -2.34. The van der Waals surface area contributed by atoms with Crippen LogP contribution in [0.1, 0.15) is 27.7 Å². The molecule has 4 nitrogen and oxygen atoms in total. The number of hydrogen-bond acceptors (Lipinski definition) is 4. The first-order valence-electron chi connectivity index (χ1n) is 5.37. The molecule has 0 saturated carbocycles. The van der Waals surface area contributed by atoms with Gasteiger partial charge < -0.3 is 10.4 Å². The number of aliphatic hydroxyl groups excluding tert-OH is 1. The molecule has 92 valence electrons. The Morgan fingerprint density at radius 3 is 2.13 bits per heavy atom. The number of aliphatic hydroxyl groups is 1. The molecule has 0 rings (SSSR count). The van der Waals surface area contributed by atoms with E-state index in [0.717, 1.165) is 0 Å². The van der Waals surface area contributed by atoms with Gasteiger partial charge in [-0.15, -0.1) is 0 Å². The van der Waals surface area contributed by atoms with Crippen molar-refractivity contribution in [3.05, 3.63) is 0 Å². The summed E-state index contributed by atoms with van der Waals surface area (Å²) in [5.41, 5.74) is 0. The first-order valence-corrected chi connectivity index (χ1v) is 7.09. The number of rotatable bonds is 7. The molecule has 5 heteroatoms. The summed E-state index contributed by atoms with van der Waals surface area (Å²) >= 11 is 0. The molecule has 0 saturated heterocycles. The maximum absolute atomic E-state index is 11.4. The lowest BCUT2D eigenvalue weighted by Gasteiger charge is -2.15. The van der Waals surface area contributed by atoms with Gasteiger partial charge in [0.2, 0.25) is 0 Å². The van der Waals surface area contributed by atoms with Crippen LogP contribution in [0.25, 0.3) is 0 Å². The van der Waals surface area contributed by atoms with Crippen molar-refractivity contribution >= 4 is 9.84 Å². The molecule has 1 unspecified atom stereocenters. The van der Waals surface area contributed by atoms with E-state index in [0.29, 0.717) is 13.1 Å². The van der Waals surface area contributed by atoms with Crippen LogP contribution in [-0.4, -0.2) is 43.7 Å². The molecule has 0 aromatic heterocycles. The quantitative estimate of drug-likeness (QED) is 0.630. The van der Waals surface area contributed by atoms with Crippen molar-refractivity contribution in [2.24, 2.45) is 5.92 Å². The van der Waals surface area contributed by atoms with Gasteiger partial charge in [0.25, 0.3) is 0 Å². The Kier molecular flexibility index (Phi) is 6.40. The van der Waals surface area contributed by atoms with Crippen molar-refractivity contribution < 1.29 is 13.5 Å². The third kappa shape index (κ3) is 6.12. The summed E-state index contributed by atoms with van der Waals surface area (Å²) < 4.78 is 22.8. The lowest BCUT2D eigenvalue weighted by molar-refractivity contribution is 0.124. The van der Waals surface area contributed by atoms with Crippen molar-refractivity contribution in [1.82, 2.24) is 5.32 Å². The van der Waals surface area contributed by atoms with Gasteiger partial charge in [0, 0.05) is 13.1 Å². The summed E-state index contributed by atoms with van der Waals surface area (Å²) in [6, 6.07) is 0. The van der Waals surface area contributed by atoms with Crippen LogP contribution >= 0.6 is 0 Å². The minimum Gasteiger partial charge on any atom is -0.392 e. The molecule has 0 radical (unpaired) electrons. The van der Waals surface area contributed by atoms with Crippen molar-refractivity contribution in [2.45, 2.75) is 39.0 Å². The first kappa shape index (κ1) is 14.9. The highest BCUT2D eigenvalue weighted by molar-refractivity contribution is 7.92.